The summed E-state index contributed by atoms with van der Waals surface area (Å²) in [5.41, 5.74) is 0. The van der Waals surface area contributed by atoms with Crippen LogP contribution >= 0.6 is 0 Å². The van der Waals surface area contributed by atoms with Gasteiger partial charge in [0, 0.05) is 26.6 Å². The summed E-state index contributed by atoms with van der Waals surface area (Å²) in [7, 11) is 1.83. The summed E-state index contributed by atoms with van der Waals surface area (Å²) >= 11 is 0. The molecule has 0 aromatic carbocycles. The number of amides is 1. The first kappa shape index (κ1) is 14.0. The molecule has 2 heterocycles. The molecule has 0 unspecified atom stereocenters. The van der Waals surface area contributed by atoms with E-state index < -0.39 is 0 Å². The molecule has 1 saturated heterocycles. The Morgan fingerprint density at radius 2 is 2.47 bits per heavy atom. The van der Waals surface area contributed by atoms with Crippen molar-refractivity contribution in [1.82, 2.24) is 25.0 Å². The predicted molar refractivity (Wildman–Crippen MR) is 69.4 cm³/mol. The van der Waals surface area contributed by atoms with Crippen molar-refractivity contribution < 1.29 is 9.90 Å². The SMILES string of the molecule is Cn1ncnc1CCNC(=O)CN1CCC[C@@H](O)C1. The van der Waals surface area contributed by atoms with E-state index in [0.717, 1.165) is 25.2 Å². The molecule has 0 bridgehead atoms. The van der Waals surface area contributed by atoms with E-state index >= 15 is 0 Å². The molecule has 2 N–H and O–H groups in total. The van der Waals surface area contributed by atoms with Crippen LogP contribution in [0.3, 0.4) is 0 Å². The predicted octanol–water partition coefficient (Wildman–Crippen LogP) is -1.07. The fourth-order valence-corrected chi connectivity index (χ4v) is 2.29. The van der Waals surface area contributed by atoms with E-state index in [4.69, 9.17) is 0 Å². The van der Waals surface area contributed by atoms with Crippen LogP contribution in [0.15, 0.2) is 6.33 Å². The molecule has 1 aromatic heterocycles. The van der Waals surface area contributed by atoms with E-state index in [1.165, 1.54) is 6.33 Å². The summed E-state index contributed by atoms with van der Waals surface area (Å²) < 4.78 is 1.70. The van der Waals surface area contributed by atoms with Crippen molar-refractivity contribution in [2.45, 2.75) is 25.4 Å². The smallest absolute Gasteiger partial charge is 0.234 e. The molecule has 1 atom stereocenters. The number of piperidine rings is 1. The zero-order valence-corrected chi connectivity index (χ0v) is 11.2. The van der Waals surface area contributed by atoms with Crippen LogP contribution in [0, 0.1) is 0 Å². The Labute approximate surface area is 112 Å². The number of aromatic nitrogens is 3. The molecular weight excluding hydrogens is 246 g/mol. The molecule has 1 aromatic rings. The van der Waals surface area contributed by atoms with Gasteiger partial charge in [0.15, 0.2) is 0 Å². The number of aliphatic hydroxyl groups excluding tert-OH is 1. The average Bonchev–Trinajstić information content (AvgIpc) is 2.75. The molecule has 106 valence electrons. The van der Waals surface area contributed by atoms with Crippen LogP contribution in [0.4, 0.5) is 0 Å². The monoisotopic (exact) mass is 267 g/mol. The van der Waals surface area contributed by atoms with Crippen LogP contribution < -0.4 is 5.32 Å². The van der Waals surface area contributed by atoms with Crippen LogP contribution in [0.2, 0.25) is 0 Å². The Kier molecular flexibility index (Phi) is 4.86. The van der Waals surface area contributed by atoms with Gasteiger partial charge in [-0.2, -0.15) is 5.10 Å². The number of carbonyl (C=O) groups is 1. The first-order chi connectivity index (χ1) is 9.15. The van der Waals surface area contributed by atoms with E-state index in [-0.39, 0.29) is 12.0 Å². The number of nitrogens with one attached hydrogen (secondary N) is 1. The van der Waals surface area contributed by atoms with Gasteiger partial charge in [0.1, 0.15) is 12.2 Å². The molecule has 1 aliphatic rings. The van der Waals surface area contributed by atoms with Crippen molar-refractivity contribution in [3.63, 3.8) is 0 Å². The largest absolute Gasteiger partial charge is 0.392 e. The second kappa shape index (κ2) is 6.63. The summed E-state index contributed by atoms with van der Waals surface area (Å²) in [4.78, 5) is 17.8. The fraction of sp³-hybridized carbons (Fsp3) is 0.750. The highest BCUT2D eigenvalue weighted by Gasteiger charge is 2.19. The van der Waals surface area contributed by atoms with Gasteiger partial charge in [-0.25, -0.2) is 4.98 Å². The lowest BCUT2D eigenvalue weighted by Crippen LogP contribution is -2.44. The number of likely N-dealkylation sites (tertiary alicyclic amines) is 1. The molecule has 2 rings (SSSR count). The molecule has 0 radical (unpaired) electrons. The summed E-state index contributed by atoms with van der Waals surface area (Å²) in [6.07, 6.45) is 3.68. The zero-order chi connectivity index (χ0) is 13.7. The second-order valence-electron chi connectivity index (χ2n) is 4.93. The maximum absolute atomic E-state index is 11.8. The van der Waals surface area contributed by atoms with Crippen molar-refractivity contribution in [2.75, 3.05) is 26.2 Å². The molecule has 1 aliphatic heterocycles. The lowest BCUT2D eigenvalue weighted by Gasteiger charge is -2.29. The van der Waals surface area contributed by atoms with Crippen LogP contribution in [0.25, 0.3) is 0 Å². The Bertz CT molecular complexity index is 420. The summed E-state index contributed by atoms with van der Waals surface area (Å²) in [6, 6.07) is 0. The summed E-state index contributed by atoms with van der Waals surface area (Å²) in [6.45, 7) is 2.39. The van der Waals surface area contributed by atoms with E-state index in [1.54, 1.807) is 4.68 Å². The van der Waals surface area contributed by atoms with Gasteiger partial charge >= 0.3 is 0 Å². The van der Waals surface area contributed by atoms with Gasteiger partial charge in [-0.05, 0) is 19.4 Å². The molecule has 0 aliphatic carbocycles. The molecule has 1 amide bonds. The van der Waals surface area contributed by atoms with Crippen molar-refractivity contribution in [3.8, 4) is 0 Å². The highest BCUT2D eigenvalue weighted by atomic mass is 16.3. The number of aryl methyl sites for hydroxylation is 1. The van der Waals surface area contributed by atoms with Gasteiger partial charge in [-0.1, -0.05) is 0 Å². The molecule has 0 spiro atoms. The number of nitrogens with zero attached hydrogens (tertiary/aromatic N) is 4. The molecular formula is C12H21N5O2. The number of β-amino-alcohol motifs (C(OH)–C–C–N with tert-alkyl or cyclic N) is 1. The Hall–Kier alpha value is -1.47. The Morgan fingerprint density at radius 1 is 1.63 bits per heavy atom. The molecule has 7 nitrogen and oxygen atoms in total. The maximum Gasteiger partial charge on any atom is 0.234 e. The van der Waals surface area contributed by atoms with Gasteiger partial charge in [0.2, 0.25) is 5.91 Å². The lowest BCUT2D eigenvalue weighted by molar-refractivity contribution is -0.122. The third-order valence-corrected chi connectivity index (χ3v) is 3.32. The first-order valence-electron chi connectivity index (χ1n) is 6.65. The van der Waals surface area contributed by atoms with E-state index in [2.05, 4.69) is 15.4 Å². The van der Waals surface area contributed by atoms with Gasteiger partial charge in [0.05, 0.1) is 12.6 Å². The third-order valence-electron chi connectivity index (χ3n) is 3.32. The number of aliphatic hydroxyl groups is 1. The van der Waals surface area contributed by atoms with Crippen molar-refractivity contribution in [3.05, 3.63) is 12.2 Å². The minimum Gasteiger partial charge on any atom is -0.392 e. The molecule has 19 heavy (non-hydrogen) atoms. The minimum atomic E-state index is -0.291. The zero-order valence-electron chi connectivity index (χ0n) is 11.2. The van der Waals surface area contributed by atoms with Gasteiger partial charge in [0.25, 0.3) is 0 Å². The topological polar surface area (TPSA) is 83.3 Å². The van der Waals surface area contributed by atoms with E-state index in [0.29, 0.717) is 26.1 Å². The van der Waals surface area contributed by atoms with E-state index in [9.17, 15) is 9.90 Å². The normalized spacial score (nSPS) is 20.4. The van der Waals surface area contributed by atoms with Gasteiger partial charge < -0.3 is 10.4 Å². The standard InChI is InChI=1S/C12H21N5O2/c1-16-11(14-9-15-16)4-5-13-12(19)8-17-6-2-3-10(18)7-17/h9-10,18H,2-8H2,1H3,(H,13,19)/t10-/m1/s1. The van der Waals surface area contributed by atoms with E-state index in [1.807, 2.05) is 11.9 Å². The van der Waals surface area contributed by atoms with Gasteiger partial charge in [-0.3, -0.25) is 14.4 Å². The minimum absolute atomic E-state index is 0.00346. The summed E-state index contributed by atoms with van der Waals surface area (Å²) in [5.74, 6) is 0.852. The van der Waals surface area contributed by atoms with Crippen LogP contribution in [0.5, 0.6) is 0 Å². The number of hydrogen-bond donors (Lipinski definition) is 2. The fourth-order valence-electron chi connectivity index (χ4n) is 2.29. The van der Waals surface area contributed by atoms with Gasteiger partial charge in [-0.15, -0.1) is 0 Å². The second-order valence-corrected chi connectivity index (χ2v) is 4.93. The first-order valence-corrected chi connectivity index (χ1v) is 6.65. The van der Waals surface area contributed by atoms with Crippen molar-refractivity contribution in [1.29, 1.82) is 0 Å². The number of carbonyl (C=O) groups excluding carboxylic acids is 1. The molecule has 7 heteroatoms. The third kappa shape index (κ3) is 4.29. The Balaban J connectivity index is 1.66. The van der Waals surface area contributed by atoms with Crippen LogP contribution in [-0.2, 0) is 18.3 Å². The average molecular weight is 267 g/mol. The molecule has 0 saturated carbocycles. The summed E-state index contributed by atoms with van der Waals surface area (Å²) in [5, 5.41) is 16.4. The highest BCUT2D eigenvalue weighted by molar-refractivity contribution is 5.78. The molecule has 1 fully saturated rings. The number of rotatable bonds is 5. The van der Waals surface area contributed by atoms with Crippen molar-refractivity contribution in [2.24, 2.45) is 7.05 Å². The number of hydrogen-bond acceptors (Lipinski definition) is 5. The quantitative estimate of drug-likeness (QED) is 0.710. The Morgan fingerprint density at radius 3 is 3.16 bits per heavy atom. The van der Waals surface area contributed by atoms with Crippen LogP contribution in [-0.4, -0.2) is 63.0 Å². The lowest BCUT2D eigenvalue weighted by atomic mass is 10.1. The van der Waals surface area contributed by atoms with Crippen LogP contribution in [0.1, 0.15) is 18.7 Å². The maximum atomic E-state index is 11.8. The highest BCUT2D eigenvalue weighted by Crippen LogP contribution is 2.08. The van der Waals surface area contributed by atoms with Crippen molar-refractivity contribution >= 4 is 5.91 Å².